The van der Waals surface area contributed by atoms with Crippen molar-refractivity contribution < 1.29 is 45.7 Å². The van der Waals surface area contributed by atoms with Crippen molar-refractivity contribution in [3.8, 4) is 0 Å². The first-order valence-electron chi connectivity index (χ1n) is 8.74. The molecular weight excluding hydrogens is 516 g/mol. The monoisotopic (exact) mass is 534 g/mol. The number of benzene rings is 1. The maximum Gasteiger partial charge on any atom is 0.300 e. The molecule has 4 N–H and O–H groups in total. The van der Waals surface area contributed by atoms with E-state index >= 15 is 0 Å². The number of hydrogen-bond donors (Lipinski definition) is 4. The van der Waals surface area contributed by atoms with Gasteiger partial charge in [0.1, 0.15) is 5.69 Å². The van der Waals surface area contributed by atoms with Crippen molar-refractivity contribution >= 4 is 54.8 Å². The molecule has 0 aliphatic rings. The van der Waals surface area contributed by atoms with Crippen molar-refractivity contribution in [3.63, 3.8) is 0 Å². The van der Waals surface area contributed by atoms with E-state index in [1.54, 1.807) is 0 Å². The summed E-state index contributed by atoms with van der Waals surface area (Å²) in [4.78, 5) is 34.2. The Balaban J connectivity index is 3.70. The largest absolute Gasteiger partial charge is 0.395 e. The Hall–Kier alpha value is -2.64. The topological polar surface area (TPSA) is 248 Å². The van der Waals surface area contributed by atoms with Gasteiger partial charge in [0, 0.05) is 38.0 Å². The maximum absolute atomic E-state index is 12.5. The lowest BCUT2D eigenvalue weighted by Gasteiger charge is -2.26. The van der Waals surface area contributed by atoms with E-state index in [1.807, 2.05) is 0 Å². The zero-order chi connectivity index (χ0) is 25.6. The molecule has 0 unspecified atom stereocenters. The number of carbonyl (C=O) groups is 1. The lowest BCUT2D eigenvalue weighted by molar-refractivity contribution is -0.393. The zero-order valence-electron chi connectivity index (χ0n) is 16.5. The second-order valence-electron chi connectivity index (χ2n) is 6.28. The van der Waals surface area contributed by atoms with E-state index in [-0.39, 0.29) is 19.0 Å². The van der Waals surface area contributed by atoms with Crippen LogP contribution in [0.4, 0.5) is 17.1 Å². The molecule has 16 nitrogen and oxygen atoms in total. The number of nitro groups is 2. The third-order valence-electron chi connectivity index (χ3n) is 4.09. The summed E-state index contributed by atoms with van der Waals surface area (Å²) in [6.07, 6.45) is -1.01. The Bertz CT molecular complexity index is 1090. The van der Waals surface area contributed by atoms with Crippen molar-refractivity contribution in [2.24, 2.45) is 0 Å². The number of anilines is 1. The summed E-state index contributed by atoms with van der Waals surface area (Å²) in [5.41, 5.74) is -2.98. The molecule has 0 bridgehead atoms. The van der Waals surface area contributed by atoms with Gasteiger partial charge in [-0.2, -0.15) is 16.8 Å². The Morgan fingerprint density at radius 2 is 1.67 bits per heavy atom. The number of alkyl halides is 1. The normalized spacial score (nSPS) is 11.9. The van der Waals surface area contributed by atoms with Crippen LogP contribution < -0.4 is 10.2 Å². The van der Waals surface area contributed by atoms with E-state index in [4.69, 9.17) is 25.8 Å². The number of nitrogens with one attached hydrogen (secondary N) is 1. The minimum Gasteiger partial charge on any atom is -0.395 e. The number of hydrogen-bond acceptors (Lipinski definition) is 11. The highest BCUT2D eigenvalue weighted by Crippen LogP contribution is 2.37. The first-order valence-corrected chi connectivity index (χ1v) is 12.3. The summed E-state index contributed by atoms with van der Waals surface area (Å²) >= 11 is 5.68. The SMILES string of the molecule is O=C(NCCO)c1cc([N+](=O)[O-])cc([N+](=O)[O-])c1N(CCCl)CCC(S(=O)(=O)O)S(=O)(=O)O. The van der Waals surface area contributed by atoms with Crippen LogP contribution >= 0.6 is 11.6 Å². The van der Waals surface area contributed by atoms with Crippen LogP contribution in [0.3, 0.4) is 0 Å². The van der Waals surface area contributed by atoms with Gasteiger partial charge in [-0.05, 0) is 0 Å². The molecule has 0 saturated carbocycles. The molecule has 0 aliphatic heterocycles. The molecule has 0 heterocycles. The Labute approximate surface area is 191 Å². The van der Waals surface area contributed by atoms with Crippen LogP contribution in [0.5, 0.6) is 0 Å². The van der Waals surface area contributed by atoms with Crippen LogP contribution in [-0.4, -0.2) is 83.5 Å². The van der Waals surface area contributed by atoms with Crippen LogP contribution in [0.15, 0.2) is 12.1 Å². The predicted molar refractivity (Wildman–Crippen MR) is 114 cm³/mol. The first kappa shape index (κ1) is 28.4. The number of carbonyl (C=O) groups excluding carboxylic acids is 1. The number of nitrogens with zero attached hydrogens (tertiary/aromatic N) is 3. The number of amides is 1. The lowest BCUT2D eigenvalue weighted by atomic mass is 10.1. The number of nitro benzene ring substituents is 2. The van der Waals surface area contributed by atoms with E-state index in [0.29, 0.717) is 12.1 Å². The number of rotatable bonds is 13. The molecule has 186 valence electrons. The van der Waals surface area contributed by atoms with E-state index in [9.17, 15) is 41.9 Å². The molecule has 1 rings (SSSR count). The fraction of sp³-hybridized carbons (Fsp3) is 0.500. The number of halogens is 1. The Morgan fingerprint density at radius 1 is 1.09 bits per heavy atom. The molecule has 1 aromatic rings. The summed E-state index contributed by atoms with van der Waals surface area (Å²) in [5, 5.41) is 33.9. The van der Waals surface area contributed by atoms with Gasteiger partial charge in [0.25, 0.3) is 37.5 Å². The Morgan fingerprint density at radius 3 is 2.09 bits per heavy atom. The highest BCUT2D eigenvalue weighted by molar-refractivity contribution is 8.03. The molecule has 0 aromatic heterocycles. The van der Waals surface area contributed by atoms with E-state index in [2.05, 4.69) is 5.32 Å². The fourth-order valence-corrected chi connectivity index (χ4v) is 5.01. The van der Waals surface area contributed by atoms with E-state index in [0.717, 1.165) is 4.90 Å². The molecular formula is C14H19ClN4O12S2. The highest BCUT2D eigenvalue weighted by Gasteiger charge is 2.37. The highest BCUT2D eigenvalue weighted by atomic mass is 35.5. The maximum atomic E-state index is 12.5. The summed E-state index contributed by atoms with van der Waals surface area (Å²) in [6, 6.07) is 1.22. The van der Waals surface area contributed by atoms with Gasteiger partial charge in [0.2, 0.25) is 4.58 Å². The first-order chi connectivity index (χ1) is 15.1. The van der Waals surface area contributed by atoms with E-state index < -0.39 is 82.8 Å². The van der Waals surface area contributed by atoms with Gasteiger partial charge in [-0.15, -0.1) is 11.6 Å². The van der Waals surface area contributed by atoms with Gasteiger partial charge >= 0.3 is 0 Å². The van der Waals surface area contributed by atoms with Crippen LogP contribution in [0.1, 0.15) is 16.8 Å². The summed E-state index contributed by atoms with van der Waals surface area (Å²) in [7, 11) is -10.7. The van der Waals surface area contributed by atoms with Gasteiger partial charge in [-0.1, -0.05) is 0 Å². The van der Waals surface area contributed by atoms with Crippen LogP contribution in [0.2, 0.25) is 0 Å². The van der Waals surface area contributed by atoms with E-state index in [1.165, 1.54) is 0 Å². The van der Waals surface area contributed by atoms with Gasteiger partial charge in [-0.3, -0.25) is 34.1 Å². The standard InChI is InChI=1S/C14H19ClN4O12S2/c15-2-5-17(4-1-12(32(26,27)28)33(29,30)31)13-10(14(21)16-3-6-20)7-9(18(22)23)8-11(13)19(24)25/h7-8,12,20H,1-6H2,(H,16,21)(H,26,27,28)(H,29,30,31). The minimum atomic E-state index is -5.33. The number of non-ortho nitro benzene ring substituents is 1. The fourth-order valence-electron chi connectivity index (χ4n) is 2.77. The molecule has 1 amide bonds. The third kappa shape index (κ3) is 7.72. The van der Waals surface area contributed by atoms with Crippen molar-refractivity contribution in [2.75, 3.05) is 37.0 Å². The van der Waals surface area contributed by atoms with Crippen molar-refractivity contribution in [1.82, 2.24) is 5.32 Å². The number of aliphatic hydroxyl groups excluding tert-OH is 1. The minimum absolute atomic E-state index is 0.283. The average molecular weight is 535 g/mol. The summed E-state index contributed by atoms with van der Waals surface area (Å²) in [5.74, 6) is -1.36. The average Bonchev–Trinajstić information content (AvgIpc) is 2.68. The van der Waals surface area contributed by atoms with Gasteiger partial charge in [-0.25, -0.2) is 0 Å². The van der Waals surface area contributed by atoms with Crippen molar-refractivity contribution in [3.05, 3.63) is 37.9 Å². The molecule has 0 fully saturated rings. The molecule has 0 aliphatic carbocycles. The second-order valence-corrected chi connectivity index (χ2v) is 10.2. The van der Waals surface area contributed by atoms with Gasteiger partial charge in [0.05, 0.1) is 28.1 Å². The van der Waals surface area contributed by atoms with Crippen molar-refractivity contribution in [2.45, 2.75) is 11.0 Å². The molecule has 0 spiro atoms. The summed E-state index contributed by atoms with van der Waals surface area (Å²) < 4.78 is 61.0. The molecule has 1 aromatic carbocycles. The molecule has 0 saturated heterocycles. The lowest BCUT2D eigenvalue weighted by Crippen LogP contribution is -2.37. The van der Waals surface area contributed by atoms with Gasteiger partial charge in [0.15, 0.2) is 0 Å². The smallest absolute Gasteiger partial charge is 0.300 e. The molecule has 33 heavy (non-hydrogen) atoms. The Kier molecular flexibility index (Phi) is 9.87. The van der Waals surface area contributed by atoms with Gasteiger partial charge < -0.3 is 15.3 Å². The van der Waals surface area contributed by atoms with Crippen LogP contribution in [-0.2, 0) is 20.2 Å². The van der Waals surface area contributed by atoms with Crippen LogP contribution in [0.25, 0.3) is 0 Å². The number of aliphatic hydroxyl groups is 1. The van der Waals surface area contributed by atoms with Crippen molar-refractivity contribution in [1.29, 1.82) is 0 Å². The van der Waals surface area contributed by atoms with Crippen LogP contribution in [0, 0.1) is 20.2 Å². The second kappa shape index (κ2) is 11.5. The molecule has 19 heteroatoms. The molecule has 0 atom stereocenters. The third-order valence-corrected chi connectivity index (χ3v) is 7.52. The zero-order valence-corrected chi connectivity index (χ0v) is 18.9. The quantitative estimate of drug-likeness (QED) is 0.110. The molecule has 0 radical (unpaired) electrons. The summed E-state index contributed by atoms with van der Waals surface area (Å²) in [6.45, 7) is -1.91. The predicted octanol–water partition coefficient (Wildman–Crippen LogP) is -0.238.